The monoisotopic (exact) mass is 309 g/mol. The number of benzene rings is 1. The van der Waals surface area contributed by atoms with E-state index in [9.17, 15) is 0 Å². The second-order valence-electron chi connectivity index (χ2n) is 6.69. The molecule has 0 amide bonds. The van der Waals surface area contributed by atoms with Gasteiger partial charge >= 0.3 is 0 Å². The fraction of sp³-hybridized carbons (Fsp3) is 0.667. The Morgan fingerprint density at radius 2 is 2.05 bits per heavy atom. The SMILES string of the molecule is COc1cccc(CC(CCCSC)CNC(C)(C)C)c1. The third-order valence-electron chi connectivity index (χ3n) is 3.54. The number of thioether (sulfide) groups is 1. The Labute approximate surface area is 135 Å². The molecule has 3 heteroatoms. The first-order valence-electron chi connectivity index (χ1n) is 7.81. The molecular weight excluding hydrogens is 278 g/mol. The maximum absolute atomic E-state index is 5.33. The summed E-state index contributed by atoms with van der Waals surface area (Å²) in [6.45, 7) is 7.78. The lowest BCUT2D eigenvalue weighted by molar-refractivity contribution is 0.355. The van der Waals surface area contributed by atoms with Crippen molar-refractivity contribution in [3.63, 3.8) is 0 Å². The minimum atomic E-state index is 0.187. The Morgan fingerprint density at radius 1 is 1.29 bits per heavy atom. The Morgan fingerprint density at radius 3 is 2.67 bits per heavy atom. The average Bonchev–Trinajstić information content (AvgIpc) is 2.44. The molecule has 0 aromatic heterocycles. The van der Waals surface area contributed by atoms with Gasteiger partial charge in [0.25, 0.3) is 0 Å². The van der Waals surface area contributed by atoms with E-state index in [2.05, 4.69) is 50.5 Å². The number of ether oxygens (including phenoxy) is 1. The molecule has 0 spiro atoms. The summed E-state index contributed by atoms with van der Waals surface area (Å²) >= 11 is 1.94. The van der Waals surface area contributed by atoms with Crippen molar-refractivity contribution in [3.8, 4) is 5.75 Å². The summed E-state index contributed by atoms with van der Waals surface area (Å²) in [6, 6.07) is 8.48. The van der Waals surface area contributed by atoms with Gasteiger partial charge in [-0.2, -0.15) is 11.8 Å². The van der Waals surface area contributed by atoms with Gasteiger partial charge < -0.3 is 10.1 Å². The minimum Gasteiger partial charge on any atom is -0.497 e. The van der Waals surface area contributed by atoms with Crippen LogP contribution in [0.15, 0.2) is 24.3 Å². The molecule has 0 saturated carbocycles. The van der Waals surface area contributed by atoms with E-state index in [0.29, 0.717) is 5.92 Å². The van der Waals surface area contributed by atoms with E-state index in [-0.39, 0.29) is 5.54 Å². The van der Waals surface area contributed by atoms with Crippen LogP contribution in [0.4, 0.5) is 0 Å². The molecule has 1 aromatic carbocycles. The fourth-order valence-electron chi connectivity index (χ4n) is 2.38. The highest BCUT2D eigenvalue weighted by Gasteiger charge is 2.15. The highest BCUT2D eigenvalue weighted by atomic mass is 32.2. The summed E-state index contributed by atoms with van der Waals surface area (Å²) in [5.41, 5.74) is 1.56. The molecule has 1 rings (SSSR count). The van der Waals surface area contributed by atoms with Crippen molar-refractivity contribution in [3.05, 3.63) is 29.8 Å². The lowest BCUT2D eigenvalue weighted by Crippen LogP contribution is -2.39. The third kappa shape index (κ3) is 8.37. The van der Waals surface area contributed by atoms with Gasteiger partial charge in [-0.05, 0) is 82.2 Å². The van der Waals surface area contributed by atoms with Crippen molar-refractivity contribution in [2.75, 3.05) is 25.7 Å². The van der Waals surface area contributed by atoms with Crippen molar-refractivity contribution in [2.24, 2.45) is 5.92 Å². The maximum atomic E-state index is 5.33. The molecule has 1 aromatic rings. The van der Waals surface area contributed by atoms with E-state index >= 15 is 0 Å². The van der Waals surface area contributed by atoms with Crippen LogP contribution in [-0.2, 0) is 6.42 Å². The zero-order valence-corrected chi connectivity index (χ0v) is 15.1. The van der Waals surface area contributed by atoms with Gasteiger partial charge in [-0.1, -0.05) is 12.1 Å². The minimum absolute atomic E-state index is 0.187. The number of nitrogens with one attached hydrogen (secondary N) is 1. The summed E-state index contributed by atoms with van der Waals surface area (Å²) in [5.74, 6) is 2.90. The van der Waals surface area contributed by atoms with Gasteiger partial charge in [0.1, 0.15) is 5.75 Å². The van der Waals surface area contributed by atoms with Crippen LogP contribution >= 0.6 is 11.8 Å². The molecular formula is C18H31NOS. The van der Waals surface area contributed by atoms with Gasteiger partial charge in [0.2, 0.25) is 0 Å². The Balaban J connectivity index is 2.61. The van der Waals surface area contributed by atoms with Gasteiger partial charge in [-0.15, -0.1) is 0 Å². The smallest absolute Gasteiger partial charge is 0.119 e. The molecule has 0 aliphatic rings. The Kier molecular flexibility index (Phi) is 8.20. The molecule has 0 fully saturated rings. The first-order valence-corrected chi connectivity index (χ1v) is 9.21. The lowest BCUT2D eigenvalue weighted by Gasteiger charge is -2.25. The van der Waals surface area contributed by atoms with E-state index in [1.165, 1.54) is 24.2 Å². The zero-order chi connectivity index (χ0) is 15.7. The molecule has 1 N–H and O–H groups in total. The van der Waals surface area contributed by atoms with E-state index in [4.69, 9.17) is 4.74 Å². The van der Waals surface area contributed by atoms with Crippen LogP contribution < -0.4 is 10.1 Å². The molecule has 0 heterocycles. The number of methoxy groups -OCH3 is 1. The second-order valence-corrected chi connectivity index (χ2v) is 7.67. The summed E-state index contributed by atoms with van der Waals surface area (Å²) in [7, 11) is 1.73. The largest absolute Gasteiger partial charge is 0.497 e. The first kappa shape index (κ1) is 18.4. The summed E-state index contributed by atoms with van der Waals surface area (Å²) in [5, 5.41) is 3.66. The van der Waals surface area contributed by atoms with Crippen LogP contribution in [-0.4, -0.2) is 31.2 Å². The van der Waals surface area contributed by atoms with Crippen LogP contribution in [0.5, 0.6) is 5.75 Å². The van der Waals surface area contributed by atoms with Crippen molar-refractivity contribution < 1.29 is 4.74 Å². The predicted molar refractivity (Wildman–Crippen MR) is 95.6 cm³/mol. The lowest BCUT2D eigenvalue weighted by atomic mass is 9.93. The van der Waals surface area contributed by atoms with Crippen molar-refractivity contribution in [1.29, 1.82) is 0 Å². The Bertz CT molecular complexity index is 400. The summed E-state index contributed by atoms with van der Waals surface area (Å²) < 4.78 is 5.33. The van der Waals surface area contributed by atoms with Crippen molar-refractivity contribution >= 4 is 11.8 Å². The van der Waals surface area contributed by atoms with Gasteiger partial charge in [0.05, 0.1) is 7.11 Å². The molecule has 1 unspecified atom stereocenters. The molecule has 0 radical (unpaired) electrons. The van der Waals surface area contributed by atoms with Crippen LogP contribution in [0.25, 0.3) is 0 Å². The summed E-state index contributed by atoms with van der Waals surface area (Å²) in [4.78, 5) is 0. The normalized spacial score (nSPS) is 13.2. The highest BCUT2D eigenvalue weighted by Crippen LogP contribution is 2.19. The quantitative estimate of drug-likeness (QED) is 0.684. The predicted octanol–water partition coefficient (Wildman–Crippen LogP) is 4.39. The standard InChI is InChI=1S/C18H31NOS/c1-18(2,3)19-14-16(9-7-11-21-5)12-15-8-6-10-17(13-15)20-4/h6,8,10,13,16,19H,7,9,11-12,14H2,1-5H3. The maximum Gasteiger partial charge on any atom is 0.119 e. The van der Waals surface area contributed by atoms with Gasteiger partial charge in [-0.25, -0.2) is 0 Å². The second kappa shape index (κ2) is 9.37. The fourth-order valence-corrected chi connectivity index (χ4v) is 2.83. The van der Waals surface area contributed by atoms with Crippen LogP contribution in [0.3, 0.4) is 0 Å². The van der Waals surface area contributed by atoms with Crippen LogP contribution in [0.2, 0.25) is 0 Å². The summed E-state index contributed by atoms with van der Waals surface area (Å²) in [6.07, 6.45) is 5.88. The highest BCUT2D eigenvalue weighted by molar-refractivity contribution is 7.98. The molecule has 120 valence electrons. The molecule has 0 aliphatic heterocycles. The van der Waals surface area contributed by atoms with Gasteiger partial charge in [-0.3, -0.25) is 0 Å². The van der Waals surface area contributed by atoms with Crippen molar-refractivity contribution in [2.45, 2.75) is 45.6 Å². The first-order chi connectivity index (χ1) is 9.94. The molecule has 1 atom stereocenters. The third-order valence-corrected chi connectivity index (χ3v) is 4.24. The average molecular weight is 310 g/mol. The Hall–Kier alpha value is -0.670. The number of hydrogen-bond acceptors (Lipinski definition) is 3. The molecule has 0 saturated heterocycles. The van der Waals surface area contributed by atoms with Gasteiger partial charge in [0, 0.05) is 5.54 Å². The topological polar surface area (TPSA) is 21.3 Å². The molecule has 21 heavy (non-hydrogen) atoms. The zero-order valence-electron chi connectivity index (χ0n) is 14.2. The van der Waals surface area contributed by atoms with E-state index in [1.54, 1.807) is 7.11 Å². The number of hydrogen-bond donors (Lipinski definition) is 1. The molecule has 0 bridgehead atoms. The van der Waals surface area contributed by atoms with Gasteiger partial charge in [0.15, 0.2) is 0 Å². The van der Waals surface area contributed by atoms with Crippen LogP contribution in [0, 0.1) is 5.92 Å². The van der Waals surface area contributed by atoms with Crippen molar-refractivity contribution in [1.82, 2.24) is 5.32 Å². The van der Waals surface area contributed by atoms with E-state index in [0.717, 1.165) is 18.7 Å². The molecule has 0 aliphatic carbocycles. The van der Waals surface area contributed by atoms with E-state index in [1.807, 2.05) is 17.8 Å². The van der Waals surface area contributed by atoms with E-state index < -0.39 is 0 Å². The number of rotatable bonds is 9. The van der Waals surface area contributed by atoms with Crippen LogP contribution in [0.1, 0.15) is 39.2 Å². The molecule has 2 nitrogen and oxygen atoms in total.